The van der Waals surface area contributed by atoms with Crippen LogP contribution in [0.4, 0.5) is 0 Å². The summed E-state index contributed by atoms with van der Waals surface area (Å²) in [4.78, 5) is 2.34. The van der Waals surface area contributed by atoms with E-state index in [-0.39, 0.29) is 12.2 Å². The number of hydrogen-bond donors (Lipinski definition) is 1. The van der Waals surface area contributed by atoms with Gasteiger partial charge in [0.15, 0.2) is 0 Å². The minimum atomic E-state index is -0.337. The zero-order valence-corrected chi connectivity index (χ0v) is 11.1. The van der Waals surface area contributed by atoms with E-state index in [1.807, 2.05) is 13.8 Å². The van der Waals surface area contributed by atoms with Gasteiger partial charge in [-0.25, -0.2) is 0 Å². The third kappa shape index (κ3) is 4.78. The molecule has 4 heteroatoms. The fraction of sp³-hybridized carbons (Fsp3) is 1.00. The zero-order chi connectivity index (χ0) is 12.2. The Labute approximate surface area is 99.4 Å². The first-order valence-electron chi connectivity index (χ1n) is 6.23. The van der Waals surface area contributed by atoms with Crippen LogP contribution in [-0.4, -0.2) is 80.1 Å². The van der Waals surface area contributed by atoms with E-state index in [1.54, 1.807) is 0 Å². The van der Waals surface area contributed by atoms with E-state index < -0.39 is 0 Å². The third-order valence-corrected chi connectivity index (χ3v) is 3.32. The molecule has 0 aromatic rings. The van der Waals surface area contributed by atoms with Crippen LogP contribution in [0.15, 0.2) is 0 Å². The van der Waals surface area contributed by atoms with Crippen molar-refractivity contribution in [3.05, 3.63) is 0 Å². The number of ether oxygens (including phenoxy) is 1. The highest BCUT2D eigenvalue weighted by molar-refractivity contribution is 4.61. The molecule has 0 radical (unpaired) electrons. The van der Waals surface area contributed by atoms with Crippen molar-refractivity contribution in [1.82, 2.24) is 4.90 Å². The first kappa shape index (κ1) is 13.9. The van der Waals surface area contributed by atoms with Crippen molar-refractivity contribution >= 4 is 0 Å². The van der Waals surface area contributed by atoms with Gasteiger partial charge in [-0.2, -0.15) is 0 Å². The topological polar surface area (TPSA) is 32.7 Å². The van der Waals surface area contributed by atoms with Gasteiger partial charge in [-0.15, -0.1) is 0 Å². The molecule has 4 nitrogen and oxygen atoms in total. The highest BCUT2D eigenvalue weighted by Crippen LogP contribution is 2.10. The summed E-state index contributed by atoms with van der Waals surface area (Å²) in [7, 11) is 4.38. The van der Waals surface area contributed by atoms with Gasteiger partial charge in [-0.05, 0) is 20.9 Å². The lowest BCUT2D eigenvalue weighted by molar-refractivity contribution is -0.916. The average molecular weight is 231 g/mol. The molecular formula is C12H27N2O2+. The van der Waals surface area contributed by atoms with Gasteiger partial charge in [-0.3, -0.25) is 4.90 Å². The molecule has 0 aromatic heterocycles. The van der Waals surface area contributed by atoms with E-state index in [9.17, 15) is 5.11 Å². The molecule has 0 spiro atoms. The van der Waals surface area contributed by atoms with Gasteiger partial charge in [0.1, 0.15) is 12.6 Å². The number of quaternary nitrogens is 1. The van der Waals surface area contributed by atoms with Crippen molar-refractivity contribution in [2.75, 3.05) is 53.4 Å². The van der Waals surface area contributed by atoms with Crippen molar-refractivity contribution in [2.24, 2.45) is 0 Å². The highest BCUT2D eigenvalue weighted by atomic mass is 16.5. The van der Waals surface area contributed by atoms with Crippen LogP contribution in [0.25, 0.3) is 0 Å². The molecule has 16 heavy (non-hydrogen) atoms. The molecule has 0 saturated carbocycles. The lowest BCUT2D eigenvalue weighted by Gasteiger charge is -2.42. The normalized spacial score (nSPS) is 23.6. The van der Waals surface area contributed by atoms with Crippen LogP contribution in [0, 0.1) is 0 Å². The van der Waals surface area contributed by atoms with E-state index in [0.717, 1.165) is 37.2 Å². The van der Waals surface area contributed by atoms with Gasteiger partial charge in [0, 0.05) is 13.1 Å². The van der Waals surface area contributed by atoms with Gasteiger partial charge in [-0.1, -0.05) is 0 Å². The molecule has 1 fully saturated rings. The second kappa shape index (κ2) is 5.96. The molecule has 1 saturated heterocycles. The van der Waals surface area contributed by atoms with E-state index in [0.29, 0.717) is 6.61 Å². The number of rotatable bonds is 5. The lowest BCUT2D eigenvalue weighted by Crippen LogP contribution is -2.59. The monoisotopic (exact) mass is 231 g/mol. The molecule has 1 rings (SSSR count). The summed E-state index contributed by atoms with van der Waals surface area (Å²) >= 11 is 0. The number of aliphatic hydroxyl groups is 1. The molecule has 1 N–H and O–H groups in total. The van der Waals surface area contributed by atoms with Crippen LogP contribution in [0.5, 0.6) is 0 Å². The van der Waals surface area contributed by atoms with Gasteiger partial charge >= 0.3 is 0 Å². The molecule has 1 aliphatic rings. The van der Waals surface area contributed by atoms with Crippen molar-refractivity contribution < 1.29 is 14.3 Å². The largest absolute Gasteiger partial charge is 0.385 e. The van der Waals surface area contributed by atoms with Crippen LogP contribution in [0.1, 0.15) is 13.8 Å². The Morgan fingerprint density at radius 1 is 1.31 bits per heavy atom. The second-order valence-electron chi connectivity index (χ2n) is 5.59. The average Bonchev–Trinajstić information content (AvgIpc) is 2.20. The predicted octanol–water partition coefficient (Wildman–Crippen LogP) is 0.164. The molecular weight excluding hydrogens is 204 g/mol. The smallest absolute Gasteiger partial charge is 0.126 e. The highest BCUT2D eigenvalue weighted by Gasteiger charge is 2.29. The minimum Gasteiger partial charge on any atom is -0.385 e. The molecule has 1 aliphatic heterocycles. The zero-order valence-electron chi connectivity index (χ0n) is 11.1. The molecule has 96 valence electrons. The molecule has 0 bridgehead atoms. The second-order valence-corrected chi connectivity index (χ2v) is 5.59. The maximum Gasteiger partial charge on any atom is 0.126 e. The third-order valence-electron chi connectivity index (χ3n) is 3.32. The summed E-state index contributed by atoms with van der Waals surface area (Å²) in [6.45, 7) is 9.74. The number of hydrogen-bond acceptors (Lipinski definition) is 3. The molecule has 1 atom stereocenters. The molecule has 0 aromatic carbocycles. The number of nitrogens with zero attached hydrogens (tertiary/aromatic N) is 2. The Kier molecular flexibility index (Phi) is 5.18. The number of piperazine rings is 1. The SMILES string of the molecule is CC(C)OCC(O)C[N+]1(C)CCN(C)CC1. The molecule has 1 heterocycles. The Morgan fingerprint density at radius 2 is 1.88 bits per heavy atom. The van der Waals surface area contributed by atoms with Gasteiger partial charge in [0.25, 0.3) is 0 Å². The maximum atomic E-state index is 9.93. The molecule has 0 amide bonds. The van der Waals surface area contributed by atoms with Crippen molar-refractivity contribution in [3.63, 3.8) is 0 Å². The summed E-state index contributed by atoms with van der Waals surface area (Å²) < 4.78 is 6.41. The van der Waals surface area contributed by atoms with Crippen molar-refractivity contribution in [2.45, 2.75) is 26.1 Å². The van der Waals surface area contributed by atoms with Crippen LogP contribution >= 0.6 is 0 Å². The predicted molar refractivity (Wildman–Crippen MR) is 65.4 cm³/mol. The summed E-state index contributed by atoms with van der Waals surface area (Å²) in [6, 6.07) is 0. The van der Waals surface area contributed by atoms with Gasteiger partial charge in [0.2, 0.25) is 0 Å². The molecule has 0 aliphatic carbocycles. The van der Waals surface area contributed by atoms with Crippen LogP contribution in [0.2, 0.25) is 0 Å². The van der Waals surface area contributed by atoms with Gasteiger partial charge in [0.05, 0.1) is 32.8 Å². The Balaban J connectivity index is 2.29. The van der Waals surface area contributed by atoms with Crippen LogP contribution in [-0.2, 0) is 4.74 Å². The summed E-state index contributed by atoms with van der Waals surface area (Å²) in [5.41, 5.74) is 0. The summed E-state index contributed by atoms with van der Waals surface area (Å²) in [5.74, 6) is 0. The quantitative estimate of drug-likeness (QED) is 0.684. The minimum absolute atomic E-state index is 0.201. The van der Waals surface area contributed by atoms with Gasteiger partial charge < -0.3 is 14.3 Å². The van der Waals surface area contributed by atoms with E-state index in [2.05, 4.69) is 19.0 Å². The van der Waals surface area contributed by atoms with Crippen LogP contribution in [0.3, 0.4) is 0 Å². The van der Waals surface area contributed by atoms with Crippen molar-refractivity contribution in [1.29, 1.82) is 0 Å². The maximum absolute atomic E-state index is 9.93. The van der Waals surface area contributed by atoms with Crippen molar-refractivity contribution in [3.8, 4) is 0 Å². The standard InChI is InChI=1S/C12H27N2O2/c1-11(2)16-10-12(15)9-14(4)7-5-13(3)6-8-14/h11-12,15H,5-10H2,1-4H3/q+1. The first-order chi connectivity index (χ1) is 7.41. The Bertz CT molecular complexity index is 201. The summed E-state index contributed by atoms with van der Waals surface area (Å²) in [5, 5.41) is 9.93. The van der Waals surface area contributed by atoms with E-state index >= 15 is 0 Å². The summed E-state index contributed by atoms with van der Waals surface area (Å²) in [6.07, 6.45) is -0.136. The van der Waals surface area contributed by atoms with Crippen LogP contribution < -0.4 is 0 Å². The Morgan fingerprint density at radius 3 is 2.38 bits per heavy atom. The number of aliphatic hydroxyl groups excluding tert-OH is 1. The Hall–Kier alpha value is -0.160. The van der Waals surface area contributed by atoms with E-state index in [4.69, 9.17) is 4.74 Å². The lowest BCUT2D eigenvalue weighted by atomic mass is 10.2. The van der Waals surface area contributed by atoms with E-state index in [1.165, 1.54) is 0 Å². The first-order valence-corrected chi connectivity index (χ1v) is 6.23. The number of likely N-dealkylation sites (N-methyl/N-ethyl adjacent to an activating group) is 2. The molecule has 1 unspecified atom stereocenters. The fourth-order valence-corrected chi connectivity index (χ4v) is 2.10. The fourth-order valence-electron chi connectivity index (χ4n) is 2.10.